The van der Waals surface area contributed by atoms with Gasteiger partial charge in [0.05, 0.1) is 42.3 Å². The SMILES string of the molecule is COc1cc(-c2cccc(-c3cccc(-c4cnc(CN5CC(O)C5)c(OC)n4)c3Cl)c2Cl)cc2c1C[C@H](N1CC(C(C)=O)C1)C2. The van der Waals surface area contributed by atoms with Gasteiger partial charge in [-0.2, -0.15) is 0 Å². The summed E-state index contributed by atoms with van der Waals surface area (Å²) >= 11 is 14.3. The number of fused-ring (bicyclic) bond motifs is 1. The van der Waals surface area contributed by atoms with Crippen molar-refractivity contribution in [3.8, 4) is 45.1 Å². The van der Waals surface area contributed by atoms with Crippen LogP contribution in [-0.2, 0) is 24.2 Å². The van der Waals surface area contributed by atoms with Crippen molar-refractivity contribution in [2.75, 3.05) is 40.4 Å². The molecule has 0 amide bonds. The number of methoxy groups -OCH3 is 2. The predicted octanol–water partition coefficient (Wildman–Crippen LogP) is 5.97. The molecular formula is C36H36Cl2N4O4. The Balaban J connectivity index is 1.18. The summed E-state index contributed by atoms with van der Waals surface area (Å²) in [6, 6.07) is 16.5. The molecule has 0 radical (unpaired) electrons. The van der Waals surface area contributed by atoms with Gasteiger partial charge in [-0.1, -0.05) is 65.7 Å². The van der Waals surface area contributed by atoms with Crippen LogP contribution in [-0.4, -0.2) is 83.2 Å². The van der Waals surface area contributed by atoms with Crippen molar-refractivity contribution in [2.45, 2.75) is 38.5 Å². The van der Waals surface area contributed by atoms with Gasteiger partial charge in [0, 0.05) is 66.9 Å². The summed E-state index contributed by atoms with van der Waals surface area (Å²) < 4.78 is 11.5. The molecule has 0 saturated carbocycles. The van der Waals surface area contributed by atoms with Crippen LogP contribution >= 0.6 is 23.2 Å². The molecule has 2 aliphatic heterocycles. The summed E-state index contributed by atoms with van der Waals surface area (Å²) in [6.45, 7) is 5.14. The summed E-state index contributed by atoms with van der Waals surface area (Å²) in [4.78, 5) is 25.7. The zero-order valence-electron chi connectivity index (χ0n) is 26.1. The Bertz CT molecular complexity index is 1820. The van der Waals surface area contributed by atoms with Crippen molar-refractivity contribution in [3.63, 3.8) is 0 Å². The van der Waals surface area contributed by atoms with E-state index in [-0.39, 0.29) is 17.8 Å². The van der Waals surface area contributed by atoms with Crippen LogP contribution in [0.25, 0.3) is 33.5 Å². The molecular weight excluding hydrogens is 623 g/mol. The number of carbonyl (C=O) groups excluding carboxylic acids is 1. The Hall–Kier alpha value is -3.53. The molecule has 3 aliphatic rings. The van der Waals surface area contributed by atoms with E-state index >= 15 is 0 Å². The highest BCUT2D eigenvalue weighted by Crippen LogP contribution is 2.45. The molecule has 238 valence electrons. The summed E-state index contributed by atoms with van der Waals surface area (Å²) in [5.74, 6) is 1.73. The van der Waals surface area contributed by atoms with E-state index in [1.165, 1.54) is 11.1 Å². The van der Waals surface area contributed by atoms with Gasteiger partial charge in [0.15, 0.2) is 0 Å². The number of aliphatic hydroxyl groups is 1. The number of carbonyl (C=O) groups is 1. The maximum atomic E-state index is 11.8. The van der Waals surface area contributed by atoms with E-state index in [4.69, 9.17) is 37.7 Å². The number of Topliss-reactive ketones (excluding diaryl/α,β-unsaturated/α-hetero) is 1. The van der Waals surface area contributed by atoms with E-state index in [1.807, 2.05) is 36.4 Å². The largest absolute Gasteiger partial charge is 0.496 e. The third-order valence-electron chi connectivity index (χ3n) is 9.61. The second-order valence-electron chi connectivity index (χ2n) is 12.5. The lowest BCUT2D eigenvalue weighted by Gasteiger charge is -2.42. The second-order valence-corrected chi connectivity index (χ2v) is 13.3. The quantitative estimate of drug-likeness (QED) is 0.236. The van der Waals surface area contributed by atoms with Crippen LogP contribution in [0.3, 0.4) is 0 Å². The Morgan fingerprint density at radius 3 is 2.26 bits per heavy atom. The minimum atomic E-state index is -0.292. The lowest BCUT2D eigenvalue weighted by atomic mass is 9.93. The van der Waals surface area contributed by atoms with Crippen molar-refractivity contribution in [1.82, 2.24) is 19.8 Å². The number of likely N-dealkylation sites (tertiary alicyclic amines) is 2. The summed E-state index contributed by atoms with van der Waals surface area (Å²) in [7, 11) is 3.29. The molecule has 46 heavy (non-hydrogen) atoms. The number of halogens is 2. The maximum absolute atomic E-state index is 11.8. The van der Waals surface area contributed by atoms with E-state index in [2.05, 4.69) is 26.9 Å². The number of β-amino-alcohol motifs (C(OH)–C–C–N with tert-alkyl or cyclic N) is 1. The first-order valence-corrected chi connectivity index (χ1v) is 16.3. The van der Waals surface area contributed by atoms with Gasteiger partial charge < -0.3 is 14.6 Å². The zero-order valence-corrected chi connectivity index (χ0v) is 27.6. The molecule has 8 nitrogen and oxygen atoms in total. The lowest BCUT2D eigenvalue weighted by molar-refractivity contribution is -0.126. The van der Waals surface area contributed by atoms with Crippen LogP contribution in [0.5, 0.6) is 11.6 Å². The molecule has 0 bridgehead atoms. The molecule has 0 unspecified atom stereocenters. The standard InChI is InChI=1S/C36H36Cl2N4O4/c1-20(43)23-15-42(16-23)24-11-21-10-22(12-33(45-2)30(21)13-24)26-6-4-7-27(34(26)37)28-8-5-9-29(35(28)38)31-14-39-32(36(40-31)46-3)19-41-17-25(44)18-41/h4-10,12,14,23-25,44H,11,13,15-19H2,1-3H3/t24-/m1/s1. The molecule has 1 atom stereocenters. The fourth-order valence-corrected chi connectivity index (χ4v) is 7.59. The normalized spacial score (nSPS) is 18.6. The van der Waals surface area contributed by atoms with Crippen LogP contribution in [0.2, 0.25) is 10.0 Å². The van der Waals surface area contributed by atoms with E-state index in [9.17, 15) is 9.90 Å². The first-order chi connectivity index (χ1) is 22.2. The van der Waals surface area contributed by atoms with Gasteiger partial charge in [0.25, 0.3) is 0 Å². The highest BCUT2D eigenvalue weighted by molar-refractivity contribution is 6.39. The smallest absolute Gasteiger partial charge is 0.237 e. The molecule has 7 rings (SSSR count). The predicted molar refractivity (Wildman–Crippen MR) is 180 cm³/mol. The second kappa shape index (κ2) is 12.6. The van der Waals surface area contributed by atoms with Gasteiger partial charge in [0.2, 0.25) is 5.88 Å². The lowest BCUT2D eigenvalue weighted by Crippen LogP contribution is -2.54. The third-order valence-corrected chi connectivity index (χ3v) is 10.4. The molecule has 2 saturated heterocycles. The molecule has 2 fully saturated rings. The van der Waals surface area contributed by atoms with Crippen molar-refractivity contribution in [1.29, 1.82) is 0 Å². The molecule has 0 spiro atoms. The van der Waals surface area contributed by atoms with Gasteiger partial charge in [-0.05, 0) is 42.5 Å². The number of hydrogen-bond acceptors (Lipinski definition) is 8. The minimum absolute atomic E-state index is 0.160. The highest BCUT2D eigenvalue weighted by atomic mass is 35.5. The summed E-state index contributed by atoms with van der Waals surface area (Å²) in [5, 5.41) is 10.8. The molecule has 1 aliphatic carbocycles. The number of aliphatic hydroxyl groups excluding tert-OH is 1. The molecule has 1 aromatic heterocycles. The zero-order chi connectivity index (χ0) is 32.1. The monoisotopic (exact) mass is 658 g/mol. The van der Waals surface area contributed by atoms with Gasteiger partial charge in [-0.25, -0.2) is 4.98 Å². The Morgan fingerprint density at radius 2 is 1.61 bits per heavy atom. The van der Waals surface area contributed by atoms with Crippen molar-refractivity contribution in [2.24, 2.45) is 5.92 Å². The van der Waals surface area contributed by atoms with Crippen LogP contribution in [0.1, 0.15) is 23.7 Å². The number of ketones is 1. The third kappa shape index (κ3) is 5.67. The van der Waals surface area contributed by atoms with Crippen LogP contribution in [0, 0.1) is 5.92 Å². The molecule has 3 aromatic carbocycles. The Morgan fingerprint density at radius 1 is 0.935 bits per heavy atom. The van der Waals surface area contributed by atoms with Gasteiger partial charge in [-0.15, -0.1) is 0 Å². The van der Waals surface area contributed by atoms with E-state index in [0.717, 1.165) is 59.5 Å². The van der Waals surface area contributed by atoms with E-state index in [0.29, 0.717) is 53.0 Å². The minimum Gasteiger partial charge on any atom is -0.496 e. The molecule has 10 heteroatoms. The fourth-order valence-electron chi connectivity index (χ4n) is 6.93. The average Bonchev–Trinajstić information content (AvgIpc) is 3.43. The average molecular weight is 660 g/mol. The number of ether oxygens (including phenoxy) is 2. The molecule has 4 aromatic rings. The van der Waals surface area contributed by atoms with Crippen molar-refractivity contribution < 1.29 is 19.4 Å². The van der Waals surface area contributed by atoms with Gasteiger partial charge >= 0.3 is 0 Å². The van der Waals surface area contributed by atoms with Crippen molar-refractivity contribution in [3.05, 3.63) is 81.6 Å². The number of nitrogens with zero attached hydrogens (tertiary/aromatic N) is 4. The topological polar surface area (TPSA) is 88.0 Å². The van der Waals surface area contributed by atoms with Gasteiger partial charge in [0.1, 0.15) is 17.2 Å². The summed E-state index contributed by atoms with van der Waals surface area (Å²) in [6.07, 6.45) is 3.25. The number of aromatic nitrogens is 2. The first-order valence-electron chi connectivity index (χ1n) is 15.6. The van der Waals surface area contributed by atoms with Crippen molar-refractivity contribution >= 4 is 29.0 Å². The van der Waals surface area contributed by atoms with Crippen LogP contribution < -0.4 is 9.47 Å². The summed E-state index contributed by atoms with van der Waals surface area (Å²) in [5.41, 5.74) is 8.00. The molecule has 1 N–H and O–H groups in total. The van der Waals surface area contributed by atoms with Gasteiger partial charge in [-0.3, -0.25) is 19.6 Å². The van der Waals surface area contributed by atoms with E-state index in [1.54, 1.807) is 27.3 Å². The van der Waals surface area contributed by atoms with Crippen LogP contribution in [0.4, 0.5) is 0 Å². The van der Waals surface area contributed by atoms with E-state index < -0.39 is 0 Å². The number of benzene rings is 3. The maximum Gasteiger partial charge on any atom is 0.237 e. The highest BCUT2D eigenvalue weighted by Gasteiger charge is 2.38. The number of rotatable bonds is 9. The first kappa shape index (κ1) is 31.1. The van der Waals surface area contributed by atoms with Crippen LogP contribution in [0.15, 0.2) is 54.7 Å². The fraction of sp³-hybridized carbons (Fsp3) is 0.361. The Labute approximate surface area is 278 Å². The Kier molecular flexibility index (Phi) is 8.50. The molecule has 3 heterocycles. The number of hydrogen-bond donors (Lipinski definition) is 1.